The lowest BCUT2D eigenvalue weighted by Crippen LogP contribution is -2.47. The van der Waals surface area contributed by atoms with Crippen molar-refractivity contribution in [3.8, 4) is 0 Å². The fraction of sp³-hybridized carbons (Fsp3) is 0.781. The number of likely N-dealkylation sites (N-methyl/N-ethyl adjacent to an activating group) is 1. The number of amides is 1. The summed E-state index contributed by atoms with van der Waals surface area (Å²) >= 11 is 0. The lowest BCUT2D eigenvalue weighted by molar-refractivity contribution is -0.870. The number of nitrogens with one attached hydrogen (secondary N) is 1. The molecule has 0 rings (SSSR count). The van der Waals surface area contributed by atoms with E-state index in [1.54, 1.807) is 0 Å². The molecule has 1 amide bonds. The van der Waals surface area contributed by atoms with Crippen LogP contribution in [0.3, 0.4) is 0 Å². The first-order valence-corrected chi connectivity index (χ1v) is 36.4. The van der Waals surface area contributed by atoms with Crippen LogP contribution in [-0.4, -0.2) is 69.4 Å². The van der Waals surface area contributed by atoms with Crippen molar-refractivity contribution in [1.29, 1.82) is 0 Å². The maximum atomic E-state index is 13.6. The minimum absolute atomic E-state index is 0.0274. The van der Waals surface area contributed by atoms with Crippen molar-refractivity contribution in [3.05, 3.63) is 85.1 Å². The molecule has 482 valence electrons. The minimum atomic E-state index is -4.71. The monoisotopic (exact) mass is 1180 g/mol. The van der Waals surface area contributed by atoms with Crippen LogP contribution < -0.4 is 10.2 Å². The Balaban J connectivity index is 5.09. The zero-order valence-electron chi connectivity index (χ0n) is 55.1. The fourth-order valence-electron chi connectivity index (χ4n) is 10.00. The van der Waals surface area contributed by atoms with E-state index in [9.17, 15) is 19.0 Å². The Kier molecular flexibility index (Phi) is 60.1. The van der Waals surface area contributed by atoms with Crippen LogP contribution in [0.25, 0.3) is 0 Å². The second-order valence-electron chi connectivity index (χ2n) is 24.7. The van der Waals surface area contributed by atoms with Crippen molar-refractivity contribution in [1.82, 2.24) is 5.32 Å². The van der Waals surface area contributed by atoms with Gasteiger partial charge in [-0.3, -0.25) is 14.2 Å². The van der Waals surface area contributed by atoms with Gasteiger partial charge in [-0.15, -0.1) is 0 Å². The first kappa shape index (κ1) is 80.2. The normalized spacial score (nSPS) is 14.1. The average molecular weight is 1180 g/mol. The number of hydrogen-bond acceptors (Lipinski definition) is 7. The number of phosphoric ester groups is 1. The van der Waals surface area contributed by atoms with E-state index in [2.05, 4.69) is 99.0 Å². The second kappa shape index (κ2) is 62.2. The van der Waals surface area contributed by atoms with Crippen LogP contribution in [0.15, 0.2) is 85.1 Å². The summed E-state index contributed by atoms with van der Waals surface area (Å²) in [6.07, 6.45) is 82.8. The van der Waals surface area contributed by atoms with Crippen LogP contribution in [0.4, 0.5) is 0 Å². The number of quaternary nitrogens is 1. The molecule has 0 heterocycles. The van der Waals surface area contributed by atoms with Crippen molar-refractivity contribution >= 4 is 19.7 Å². The van der Waals surface area contributed by atoms with Gasteiger partial charge in [0.15, 0.2) is 0 Å². The maximum Gasteiger partial charge on any atom is 0.306 e. The van der Waals surface area contributed by atoms with Gasteiger partial charge in [0, 0.05) is 12.8 Å². The number of carbonyl (C=O) groups is 2. The van der Waals surface area contributed by atoms with Crippen LogP contribution in [-0.2, 0) is 27.9 Å². The average Bonchev–Trinajstić information content (AvgIpc) is 3.51. The van der Waals surface area contributed by atoms with E-state index in [1.165, 1.54) is 161 Å². The molecule has 0 saturated carbocycles. The molecule has 3 atom stereocenters. The topological polar surface area (TPSA) is 114 Å². The molecule has 3 unspecified atom stereocenters. The summed E-state index contributed by atoms with van der Waals surface area (Å²) in [4.78, 5) is 40.1. The van der Waals surface area contributed by atoms with Crippen molar-refractivity contribution < 1.29 is 37.3 Å². The van der Waals surface area contributed by atoms with Crippen LogP contribution in [0.2, 0.25) is 0 Å². The van der Waals surface area contributed by atoms with Crippen molar-refractivity contribution in [2.24, 2.45) is 0 Å². The van der Waals surface area contributed by atoms with Gasteiger partial charge in [-0.1, -0.05) is 305 Å². The molecule has 0 spiro atoms. The minimum Gasteiger partial charge on any atom is -0.756 e. The van der Waals surface area contributed by atoms with Gasteiger partial charge < -0.3 is 28.5 Å². The molecule has 0 aromatic carbocycles. The molecule has 0 aromatic heterocycles. The Bertz CT molecular complexity index is 1700. The largest absolute Gasteiger partial charge is 0.756 e. The first-order chi connectivity index (χ1) is 40.4. The molecule has 10 heteroatoms. The van der Waals surface area contributed by atoms with Crippen molar-refractivity contribution in [3.63, 3.8) is 0 Å². The van der Waals surface area contributed by atoms with E-state index in [1.807, 2.05) is 33.3 Å². The van der Waals surface area contributed by atoms with Gasteiger partial charge in [0.25, 0.3) is 7.82 Å². The van der Waals surface area contributed by atoms with E-state index < -0.39 is 26.6 Å². The molecule has 9 nitrogen and oxygen atoms in total. The van der Waals surface area contributed by atoms with E-state index >= 15 is 0 Å². The highest BCUT2D eigenvalue weighted by Gasteiger charge is 2.27. The van der Waals surface area contributed by atoms with Crippen LogP contribution in [0, 0.1) is 0 Å². The van der Waals surface area contributed by atoms with Gasteiger partial charge in [0.05, 0.1) is 33.8 Å². The number of phosphoric acid groups is 1. The number of hydrogen-bond donors (Lipinski definition) is 1. The third-order valence-corrected chi connectivity index (χ3v) is 16.3. The van der Waals surface area contributed by atoms with E-state index in [0.717, 1.165) is 122 Å². The number of nitrogens with zero attached hydrogens (tertiary/aromatic N) is 1. The molecular formula is C73H133N2O7P. The quantitative estimate of drug-likeness (QED) is 0.0212. The summed E-state index contributed by atoms with van der Waals surface area (Å²) < 4.78 is 30.4. The van der Waals surface area contributed by atoms with Gasteiger partial charge >= 0.3 is 5.97 Å². The Hall–Kier alpha value is -2.81. The molecule has 0 aliphatic carbocycles. The Labute approximate surface area is 514 Å². The number of ether oxygens (including phenoxy) is 1. The lowest BCUT2D eigenvalue weighted by atomic mass is 10.0. The highest BCUT2D eigenvalue weighted by Crippen LogP contribution is 2.38. The van der Waals surface area contributed by atoms with Crippen LogP contribution >= 0.6 is 7.82 Å². The molecule has 0 aliphatic rings. The highest BCUT2D eigenvalue weighted by atomic mass is 31.2. The smallest absolute Gasteiger partial charge is 0.306 e. The number of esters is 1. The zero-order valence-corrected chi connectivity index (χ0v) is 56.0. The second-order valence-corrected chi connectivity index (χ2v) is 26.1. The van der Waals surface area contributed by atoms with Gasteiger partial charge in [-0.25, -0.2) is 0 Å². The predicted molar refractivity (Wildman–Crippen MR) is 358 cm³/mol. The molecule has 0 bridgehead atoms. The summed E-state index contributed by atoms with van der Waals surface area (Å²) in [5.74, 6) is -0.550. The Morgan fingerprint density at radius 1 is 0.434 bits per heavy atom. The summed E-state index contributed by atoms with van der Waals surface area (Å²) in [5.41, 5.74) is 0. The summed E-state index contributed by atoms with van der Waals surface area (Å²) in [6, 6.07) is -0.899. The first-order valence-electron chi connectivity index (χ1n) is 34.9. The summed E-state index contributed by atoms with van der Waals surface area (Å²) in [7, 11) is 1.17. The molecule has 0 fully saturated rings. The standard InChI is InChI=1S/C73H133N2O7P/c1-7-10-13-16-19-22-25-27-29-31-33-35-36-37-38-40-41-43-45-47-50-53-56-59-62-65-72(76)74-70(69-81-83(78,79)80-68-67-75(4,5)6)71(64-61-58-55-52-49-24-21-18-15-12-9-3)82-73(77)66-63-60-57-54-51-48-46-44-42-39-34-32-30-28-26-23-20-17-14-11-8-2/h10,13,19,22,27,29,33,35,37-38,41,43,61,64,70-71H,7-9,11-12,14-18,20-21,23-26,28,30-32,34,36,39-40,42,44-60,62-63,65-69H2,1-6H3,(H-,74,76,78,79)/b13-10-,22-19-,29-27-,35-33-,38-37-,43-41-,64-61+. The number of unbranched alkanes of at least 4 members (excludes halogenated alkanes) is 35. The number of carbonyl (C=O) groups excluding carboxylic acids is 2. The number of allylic oxidation sites excluding steroid dienone is 13. The SMILES string of the molecule is CC/C=C\C/C=C\C/C=C\C/C=C\C/C=C\C/C=C\CCCCCCCCC(=O)NC(COP(=O)([O-])OCC[N+](C)(C)C)C(/C=C/CCCCCCCCCCC)OC(=O)CCCCCCCCCCCCCCCCCCCCCCC. The van der Waals surface area contributed by atoms with Crippen LogP contribution in [0.1, 0.15) is 316 Å². The van der Waals surface area contributed by atoms with Gasteiger partial charge in [0.2, 0.25) is 5.91 Å². The molecular weight excluding hydrogens is 1050 g/mol. The van der Waals surface area contributed by atoms with Gasteiger partial charge in [-0.2, -0.15) is 0 Å². The third-order valence-electron chi connectivity index (χ3n) is 15.3. The zero-order chi connectivity index (χ0) is 60.7. The maximum absolute atomic E-state index is 13.6. The molecule has 0 radical (unpaired) electrons. The Morgan fingerprint density at radius 3 is 1.16 bits per heavy atom. The van der Waals surface area contributed by atoms with Crippen molar-refractivity contribution in [2.45, 2.75) is 328 Å². The van der Waals surface area contributed by atoms with E-state index in [-0.39, 0.29) is 24.9 Å². The van der Waals surface area contributed by atoms with Crippen LogP contribution in [0.5, 0.6) is 0 Å². The molecule has 0 aliphatic heterocycles. The van der Waals surface area contributed by atoms with Crippen molar-refractivity contribution in [2.75, 3.05) is 40.9 Å². The lowest BCUT2D eigenvalue weighted by Gasteiger charge is -2.30. The summed E-state index contributed by atoms with van der Waals surface area (Å²) in [5, 5.41) is 3.03. The fourth-order valence-corrected chi connectivity index (χ4v) is 10.7. The molecule has 83 heavy (non-hydrogen) atoms. The molecule has 0 aromatic rings. The number of rotatable bonds is 63. The van der Waals surface area contributed by atoms with Gasteiger partial charge in [-0.05, 0) is 83.1 Å². The predicted octanol–water partition coefficient (Wildman–Crippen LogP) is 21.5. The molecule has 0 saturated heterocycles. The molecule has 1 N–H and O–H groups in total. The Morgan fingerprint density at radius 2 is 0.771 bits per heavy atom. The van der Waals surface area contributed by atoms with E-state index in [4.69, 9.17) is 13.8 Å². The highest BCUT2D eigenvalue weighted by molar-refractivity contribution is 7.45. The third kappa shape index (κ3) is 63.5. The van der Waals surface area contributed by atoms with E-state index in [0.29, 0.717) is 17.4 Å². The summed E-state index contributed by atoms with van der Waals surface area (Å²) in [6.45, 7) is 6.74. The van der Waals surface area contributed by atoms with Gasteiger partial charge in [0.1, 0.15) is 19.3 Å².